The van der Waals surface area contributed by atoms with Gasteiger partial charge in [-0.2, -0.15) is 0 Å². The predicted octanol–water partition coefficient (Wildman–Crippen LogP) is 4.12. The van der Waals surface area contributed by atoms with Gasteiger partial charge in [-0.05, 0) is 54.4 Å². The first kappa shape index (κ1) is 13.9. The van der Waals surface area contributed by atoms with Gasteiger partial charge in [0.25, 0.3) is 0 Å². The molecule has 2 rings (SSSR count). The Bertz CT molecular complexity index is 631. The first-order valence-corrected chi connectivity index (χ1v) is 6.25. The van der Waals surface area contributed by atoms with Crippen molar-refractivity contribution in [3.05, 3.63) is 46.4 Å². The first-order valence-electron chi connectivity index (χ1n) is 6.25. The Kier molecular flexibility index (Phi) is 3.89. The molecule has 0 saturated carbocycles. The highest BCUT2D eigenvalue weighted by molar-refractivity contribution is 5.67. The average Bonchev–Trinajstić information content (AvgIpc) is 2.44. The summed E-state index contributed by atoms with van der Waals surface area (Å²) in [4.78, 5) is 10.6. The Morgan fingerprint density at radius 3 is 2.30 bits per heavy atom. The van der Waals surface area contributed by atoms with E-state index >= 15 is 0 Å². The van der Waals surface area contributed by atoms with E-state index in [9.17, 15) is 4.91 Å². The maximum absolute atomic E-state index is 10.6. The zero-order valence-electron chi connectivity index (χ0n) is 11.7. The second kappa shape index (κ2) is 5.61. The lowest BCUT2D eigenvalue weighted by atomic mass is 10.1. The molecule has 0 bridgehead atoms. The summed E-state index contributed by atoms with van der Waals surface area (Å²) in [6, 6.07) is 8.82. The SMILES string of the molecule is CNc1cc(Oc2cc(C)c(N)c(C)c2)ccc1N=O. The zero-order chi connectivity index (χ0) is 14.7. The van der Waals surface area contributed by atoms with E-state index in [1.807, 2.05) is 26.0 Å². The Hall–Kier alpha value is -2.56. The molecule has 0 fully saturated rings. The van der Waals surface area contributed by atoms with Crippen LogP contribution in [0.4, 0.5) is 17.1 Å². The zero-order valence-corrected chi connectivity index (χ0v) is 11.7. The minimum atomic E-state index is 0.351. The van der Waals surface area contributed by atoms with Crippen molar-refractivity contribution in [2.45, 2.75) is 13.8 Å². The standard InChI is InChI=1S/C15H17N3O2/c1-9-6-12(7-10(2)15(9)16)20-11-4-5-13(18-19)14(8-11)17-3/h4-8,17H,16H2,1-3H3. The number of anilines is 2. The average molecular weight is 271 g/mol. The summed E-state index contributed by atoms with van der Waals surface area (Å²) in [5.74, 6) is 1.34. The maximum atomic E-state index is 10.6. The summed E-state index contributed by atoms with van der Waals surface area (Å²) >= 11 is 0. The maximum Gasteiger partial charge on any atom is 0.131 e. The van der Waals surface area contributed by atoms with E-state index in [-0.39, 0.29) is 0 Å². The van der Waals surface area contributed by atoms with E-state index in [4.69, 9.17) is 10.5 Å². The molecule has 0 saturated heterocycles. The molecule has 2 aromatic rings. The van der Waals surface area contributed by atoms with Crippen molar-refractivity contribution < 1.29 is 4.74 Å². The fourth-order valence-corrected chi connectivity index (χ4v) is 1.99. The predicted molar refractivity (Wildman–Crippen MR) is 81.8 cm³/mol. The second-order valence-electron chi connectivity index (χ2n) is 4.59. The van der Waals surface area contributed by atoms with Crippen molar-refractivity contribution in [3.8, 4) is 11.5 Å². The molecule has 2 aromatic carbocycles. The highest BCUT2D eigenvalue weighted by atomic mass is 16.5. The summed E-state index contributed by atoms with van der Waals surface area (Å²) in [7, 11) is 1.73. The van der Waals surface area contributed by atoms with Crippen molar-refractivity contribution >= 4 is 17.1 Å². The summed E-state index contributed by atoms with van der Waals surface area (Å²) in [6.07, 6.45) is 0. The summed E-state index contributed by atoms with van der Waals surface area (Å²) in [6.45, 7) is 3.88. The topological polar surface area (TPSA) is 76.7 Å². The van der Waals surface area contributed by atoms with Crippen molar-refractivity contribution in [1.82, 2.24) is 0 Å². The fourth-order valence-electron chi connectivity index (χ4n) is 1.99. The molecule has 0 spiro atoms. The number of ether oxygens (including phenoxy) is 1. The van der Waals surface area contributed by atoms with Gasteiger partial charge in [0.1, 0.15) is 17.2 Å². The largest absolute Gasteiger partial charge is 0.457 e. The first-order chi connectivity index (χ1) is 9.55. The number of nitrogens with two attached hydrogens (primary N) is 1. The van der Waals surface area contributed by atoms with Crippen LogP contribution in [0.2, 0.25) is 0 Å². The minimum absolute atomic E-state index is 0.351. The van der Waals surface area contributed by atoms with Crippen LogP contribution in [-0.2, 0) is 0 Å². The van der Waals surface area contributed by atoms with Crippen molar-refractivity contribution in [1.29, 1.82) is 0 Å². The van der Waals surface area contributed by atoms with E-state index < -0.39 is 0 Å². The number of nitroso groups, excluding NO2 is 1. The van der Waals surface area contributed by atoms with Gasteiger partial charge in [0.05, 0.1) is 5.69 Å². The Balaban J connectivity index is 2.32. The van der Waals surface area contributed by atoms with Crippen LogP contribution in [0, 0.1) is 18.8 Å². The van der Waals surface area contributed by atoms with Crippen LogP contribution < -0.4 is 15.8 Å². The number of rotatable bonds is 4. The monoisotopic (exact) mass is 271 g/mol. The van der Waals surface area contributed by atoms with Gasteiger partial charge in [-0.25, -0.2) is 0 Å². The van der Waals surface area contributed by atoms with Crippen LogP contribution >= 0.6 is 0 Å². The van der Waals surface area contributed by atoms with E-state index in [1.165, 1.54) is 0 Å². The Labute approximate surface area is 117 Å². The quantitative estimate of drug-likeness (QED) is 0.647. The van der Waals surface area contributed by atoms with Crippen LogP contribution in [0.15, 0.2) is 35.5 Å². The van der Waals surface area contributed by atoms with E-state index in [2.05, 4.69) is 10.5 Å². The lowest BCUT2D eigenvalue weighted by Crippen LogP contribution is -1.95. The molecule has 0 unspecified atom stereocenters. The van der Waals surface area contributed by atoms with Gasteiger partial charge in [0, 0.05) is 18.8 Å². The minimum Gasteiger partial charge on any atom is -0.457 e. The molecule has 20 heavy (non-hydrogen) atoms. The van der Waals surface area contributed by atoms with Gasteiger partial charge in [-0.1, -0.05) is 0 Å². The number of nitrogens with zero attached hydrogens (tertiary/aromatic N) is 1. The van der Waals surface area contributed by atoms with Crippen molar-refractivity contribution in [2.75, 3.05) is 18.1 Å². The van der Waals surface area contributed by atoms with Gasteiger partial charge in [-0.3, -0.25) is 0 Å². The number of aryl methyl sites for hydroxylation is 2. The van der Waals surface area contributed by atoms with Crippen LogP contribution in [0.3, 0.4) is 0 Å². The number of nitrogens with one attached hydrogen (secondary N) is 1. The Morgan fingerprint density at radius 1 is 1.10 bits per heavy atom. The molecule has 0 radical (unpaired) electrons. The number of nitrogen functional groups attached to an aromatic ring is 1. The third kappa shape index (κ3) is 2.71. The van der Waals surface area contributed by atoms with E-state index in [0.717, 1.165) is 16.8 Å². The fraction of sp³-hybridized carbons (Fsp3) is 0.200. The van der Waals surface area contributed by atoms with Crippen LogP contribution in [0.1, 0.15) is 11.1 Å². The molecule has 0 aliphatic carbocycles. The summed E-state index contributed by atoms with van der Waals surface area (Å²) < 4.78 is 5.80. The number of hydrogen-bond donors (Lipinski definition) is 2. The van der Waals surface area contributed by atoms with E-state index in [0.29, 0.717) is 22.9 Å². The smallest absolute Gasteiger partial charge is 0.131 e. The molecule has 0 aliphatic rings. The molecule has 0 heterocycles. The molecule has 5 heteroatoms. The third-order valence-electron chi connectivity index (χ3n) is 3.14. The molecule has 104 valence electrons. The second-order valence-corrected chi connectivity index (χ2v) is 4.59. The molecule has 0 amide bonds. The lowest BCUT2D eigenvalue weighted by Gasteiger charge is -2.12. The summed E-state index contributed by atoms with van der Waals surface area (Å²) in [5, 5.41) is 5.86. The molecule has 0 aliphatic heterocycles. The van der Waals surface area contributed by atoms with Gasteiger partial charge < -0.3 is 15.8 Å². The van der Waals surface area contributed by atoms with Crippen molar-refractivity contribution in [3.63, 3.8) is 0 Å². The molecular weight excluding hydrogens is 254 g/mol. The normalized spacial score (nSPS) is 10.2. The third-order valence-corrected chi connectivity index (χ3v) is 3.14. The lowest BCUT2D eigenvalue weighted by molar-refractivity contribution is 0.482. The molecule has 3 N–H and O–H groups in total. The van der Waals surface area contributed by atoms with Gasteiger partial charge in [0.2, 0.25) is 0 Å². The van der Waals surface area contributed by atoms with Gasteiger partial charge >= 0.3 is 0 Å². The van der Waals surface area contributed by atoms with Crippen molar-refractivity contribution in [2.24, 2.45) is 5.18 Å². The molecule has 0 aromatic heterocycles. The molecule has 0 atom stereocenters. The summed E-state index contributed by atoms with van der Waals surface area (Å²) in [5.41, 5.74) is 9.61. The van der Waals surface area contributed by atoms with Gasteiger partial charge in [-0.15, -0.1) is 4.91 Å². The highest BCUT2D eigenvalue weighted by Gasteiger charge is 2.07. The molecular formula is C15H17N3O2. The molecule has 5 nitrogen and oxygen atoms in total. The number of benzene rings is 2. The Morgan fingerprint density at radius 2 is 1.75 bits per heavy atom. The van der Waals surface area contributed by atoms with E-state index in [1.54, 1.807) is 25.2 Å². The van der Waals surface area contributed by atoms with Crippen LogP contribution in [0.5, 0.6) is 11.5 Å². The van der Waals surface area contributed by atoms with Crippen LogP contribution in [-0.4, -0.2) is 7.05 Å². The highest BCUT2D eigenvalue weighted by Crippen LogP contribution is 2.33. The number of hydrogen-bond acceptors (Lipinski definition) is 5. The van der Waals surface area contributed by atoms with Gasteiger partial charge in [0.15, 0.2) is 0 Å². The van der Waals surface area contributed by atoms with Crippen LogP contribution in [0.25, 0.3) is 0 Å².